The van der Waals surface area contributed by atoms with Crippen LogP contribution in [-0.2, 0) is 6.42 Å². The van der Waals surface area contributed by atoms with E-state index < -0.39 is 4.92 Å². The molecule has 0 N–H and O–H groups in total. The molecule has 2 aromatic rings. The molecule has 0 spiro atoms. The Kier molecular flexibility index (Phi) is 7.67. The highest BCUT2D eigenvalue weighted by Crippen LogP contribution is 2.29. The molecule has 0 saturated carbocycles. The zero-order chi connectivity index (χ0) is 19.6. The lowest BCUT2D eigenvalue weighted by atomic mass is 10.1. The van der Waals surface area contributed by atoms with E-state index in [9.17, 15) is 10.1 Å². The minimum atomic E-state index is -0.423. The van der Waals surface area contributed by atoms with Crippen molar-refractivity contribution in [1.29, 1.82) is 0 Å². The second-order valence-corrected chi connectivity index (χ2v) is 6.11. The molecular formula is C21H25NO5. The molecule has 0 saturated heterocycles. The molecule has 0 aliphatic rings. The number of nitro benzene ring substituents is 1. The van der Waals surface area contributed by atoms with E-state index in [1.165, 1.54) is 6.07 Å². The second kappa shape index (κ2) is 10.2. The molecule has 0 amide bonds. The van der Waals surface area contributed by atoms with Gasteiger partial charge in [-0.2, -0.15) is 0 Å². The molecule has 0 bridgehead atoms. The standard InChI is InChI=1S/C21H25NO5/c1-4-7-17-9-11-20(21(15-17)25-3)27-13-6-5-12-26-19-10-8-16(2)14-18(19)22(23)24/h4,8-11,14-15H,1,5-7,12-13H2,2-3H3. The van der Waals surface area contributed by atoms with E-state index in [4.69, 9.17) is 14.2 Å². The zero-order valence-electron chi connectivity index (χ0n) is 15.8. The molecule has 0 aromatic heterocycles. The fraction of sp³-hybridized carbons (Fsp3) is 0.333. The first-order chi connectivity index (χ1) is 13.0. The first-order valence-electron chi connectivity index (χ1n) is 8.83. The van der Waals surface area contributed by atoms with Gasteiger partial charge in [-0.1, -0.05) is 18.2 Å². The number of benzene rings is 2. The summed E-state index contributed by atoms with van der Waals surface area (Å²) < 4.78 is 16.7. The Balaban J connectivity index is 1.78. The normalized spacial score (nSPS) is 10.3. The van der Waals surface area contributed by atoms with Crippen LogP contribution in [0.2, 0.25) is 0 Å². The van der Waals surface area contributed by atoms with Crippen molar-refractivity contribution < 1.29 is 19.1 Å². The van der Waals surface area contributed by atoms with Gasteiger partial charge in [0.05, 0.1) is 25.2 Å². The van der Waals surface area contributed by atoms with E-state index in [0.29, 0.717) is 30.5 Å². The van der Waals surface area contributed by atoms with Gasteiger partial charge in [-0.05, 0) is 55.5 Å². The van der Waals surface area contributed by atoms with Crippen molar-refractivity contribution >= 4 is 5.69 Å². The van der Waals surface area contributed by atoms with Crippen molar-refractivity contribution in [3.8, 4) is 17.2 Å². The highest BCUT2D eigenvalue weighted by atomic mass is 16.6. The average molecular weight is 371 g/mol. The number of aryl methyl sites for hydroxylation is 1. The van der Waals surface area contributed by atoms with Crippen LogP contribution in [0, 0.1) is 17.0 Å². The molecule has 0 atom stereocenters. The van der Waals surface area contributed by atoms with E-state index in [-0.39, 0.29) is 5.69 Å². The van der Waals surface area contributed by atoms with E-state index in [2.05, 4.69) is 6.58 Å². The van der Waals surface area contributed by atoms with Crippen LogP contribution in [0.1, 0.15) is 24.0 Å². The van der Waals surface area contributed by atoms with Crippen LogP contribution in [0.5, 0.6) is 17.2 Å². The first-order valence-corrected chi connectivity index (χ1v) is 8.83. The molecule has 0 unspecified atom stereocenters. The van der Waals surface area contributed by atoms with Crippen molar-refractivity contribution in [2.24, 2.45) is 0 Å². The summed E-state index contributed by atoms with van der Waals surface area (Å²) in [5, 5.41) is 11.1. The fourth-order valence-electron chi connectivity index (χ4n) is 2.59. The fourth-order valence-corrected chi connectivity index (χ4v) is 2.59. The predicted molar refractivity (Wildman–Crippen MR) is 105 cm³/mol. The van der Waals surface area contributed by atoms with Gasteiger partial charge in [0.2, 0.25) is 0 Å². The van der Waals surface area contributed by atoms with Gasteiger partial charge in [-0.15, -0.1) is 6.58 Å². The second-order valence-electron chi connectivity index (χ2n) is 6.11. The largest absolute Gasteiger partial charge is 0.493 e. The van der Waals surface area contributed by atoms with Gasteiger partial charge in [-0.25, -0.2) is 0 Å². The lowest BCUT2D eigenvalue weighted by Crippen LogP contribution is -2.04. The number of nitro groups is 1. The van der Waals surface area contributed by atoms with Crippen molar-refractivity contribution in [2.75, 3.05) is 20.3 Å². The van der Waals surface area contributed by atoms with Crippen molar-refractivity contribution in [3.05, 3.63) is 70.3 Å². The lowest BCUT2D eigenvalue weighted by molar-refractivity contribution is -0.385. The molecule has 0 heterocycles. The van der Waals surface area contributed by atoms with Crippen LogP contribution in [0.15, 0.2) is 49.1 Å². The maximum atomic E-state index is 11.1. The SMILES string of the molecule is C=CCc1ccc(OCCCCOc2ccc(C)cc2[N+](=O)[O-])c(OC)c1. The van der Waals surface area contributed by atoms with Crippen LogP contribution in [-0.4, -0.2) is 25.2 Å². The van der Waals surface area contributed by atoms with Gasteiger partial charge in [-0.3, -0.25) is 10.1 Å². The highest BCUT2D eigenvalue weighted by Gasteiger charge is 2.14. The summed E-state index contributed by atoms with van der Waals surface area (Å²) in [5.41, 5.74) is 1.94. The van der Waals surface area contributed by atoms with E-state index in [0.717, 1.165) is 30.4 Å². The Labute approximate surface area is 159 Å². The maximum Gasteiger partial charge on any atom is 0.311 e. The molecule has 144 valence electrons. The summed E-state index contributed by atoms with van der Waals surface area (Å²) in [6.07, 6.45) is 4.10. The number of hydrogen-bond donors (Lipinski definition) is 0. The van der Waals surface area contributed by atoms with Crippen molar-refractivity contribution in [3.63, 3.8) is 0 Å². The summed E-state index contributed by atoms with van der Waals surface area (Å²) >= 11 is 0. The number of unbranched alkanes of at least 4 members (excludes halogenated alkanes) is 1. The molecule has 2 rings (SSSR count). The third-order valence-corrected chi connectivity index (χ3v) is 3.97. The van der Waals surface area contributed by atoms with Crippen molar-refractivity contribution in [1.82, 2.24) is 0 Å². The Hall–Kier alpha value is -3.02. The lowest BCUT2D eigenvalue weighted by Gasteiger charge is -2.12. The predicted octanol–water partition coefficient (Wildman–Crippen LogP) is 4.88. The smallest absolute Gasteiger partial charge is 0.311 e. The van der Waals surface area contributed by atoms with Crippen LogP contribution >= 0.6 is 0 Å². The van der Waals surface area contributed by atoms with Gasteiger partial charge in [0.25, 0.3) is 0 Å². The molecule has 0 radical (unpaired) electrons. The summed E-state index contributed by atoms with van der Waals surface area (Å²) in [4.78, 5) is 10.7. The third-order valence-electron chi connectivity index (χ3n) is 3.97. The van der Waals surface area contributed by atoms with Gasteiger partial charge >= 0.3 is 5.69 Å². The third kappa shape index (κ3) is 6.02. The number of rotatable bonds is 11. The number of hydrogen-bond acceptors (Lipinski definition) is 5. The molecule has 0 aliphatic heterocycles. The molecule has 0 fully saturated rings. The highest BCUT2D eigenvalue weighted by molar-refractivity contribution is 5.48. The Bertz CT molecular complexity index is 788. The summed E-state index contributed by atoms with van der Waals surface area (Å²) in [7, 11) is 1.61. The molecule has 0 aliphatic carbocycles. The minimum absolute atomic E-state index is 0.00407. The molecular weight excluding hydrogens is 346 g/mol. The molecule has 6 nitrogen and oxygen atoms in total. The monoisotopic (exact) mass is 371 g/mol. The molecule has 6 heteroatoms. The van der Waals surface area contributed by atoms with Crippen LogP contribution < -0.4 is 14.2 Å². The van der Waals surface area contributed by atoms with E-state index >= 15 is 0 Å². The van der Waals surface area contributed by atoms with Crippen LogP contribution in [0.25, 0.3) is 0 Å². The molecule has 2 aromatic carbocycles. The van der Waals surface area contributed by atoms with E-state index in [1.54, 1.807) is 19.2 Å². The van der Waals surface area contributed by atoms with Crippen LogP contribution in [0.4, 0.5) is 5.69 Å². The van der Waals surface area contributed by atoms with Crippen molar-refractivity contribution in [2.45, 2.75) is 26.2 Å². The van der Waals surface area contributed by atoms with E-state index in [1.807, 2.05) is 31.2 Å². The van der Waals surface area contributed by atoms with Gasteiger partial charge in [0.15, 0.2) is 17.2 Å². The number of methoxy groups -OCH3 is 1. The minimum Gasteiger partial charge on any atom is -0.493 e. The van der Waals surface area contributed by atoms with Gasteiger partial charge in [0, 0.05) is 6.07 Å². The maximum absolute atomic E-state index is 11.1. The van der Waals surface area contributed by atoms with Gasteiger partial charge < -0.3 is 14.2 Å². The zero-order valence-corrected chi connectivity index (χ0v) is 15.8. The topological polar surface area (TPSA) is 70.8 Å². The summed E-state index contributed by atoms with van der Waals surface area (Å²) in [6, 6.07) is 10.8. The van der Waals surface area contributed by atoms with Gasteiger partial charge in [0.1, 0.15) is 0 Å². The quantitative estimate of drug-likeness (QED) is 0.244. The Morgan fingerprint density at radius 3 is 2.33 bits per heavy atom. The average Bonchev–Trinajstić information content (AvgIpc) is 2.66. The van der Waals surface area contributed by atoms with Crippen LogP contribution in [0.3, 0.4) is 0 Å². The summed E-state index contributed by atoms with van der Waals surface area (Å²) in [6.45, 7) is 6.45. The number of allylic oxidation sites excluding steroid dienone is 1. The Morgan fingerprint density at radius 1 is 1.04 bits per heavy atom. The summed E-state index contributed by atoms with van der Waals surface area (Å²) in [5.74, 6) is 1.69. The Morgan fingerprint density at radius 2 is 1.70 bits per heavy atom. The number of nitrogens with zero attached hydrogens (tertiary/aromatic N) is 1. The molecule has 27 heavy (non-hydrogen) atoms. The number of ether oxygens (including phenoxy) is 3. The first kappa shape index (κ1) is 20.3.